The molecule has 7 heteroatoms. The number of benzene rings is 2. The number of ether oxygens (including phenoxy) is 1. The summed E-state index contributed by atoms with van der Waals surface area (Å²) in [5, 5.41) is 13.8. The van der Waals surface area contributed by atoms with Crippen LogP contribution in [0.2, 0.25) is 0 Å². The van der Waals surface area contributed by atoms with Gasteiger partial charge in [0.1, 0.15) is 17.2 Å². The molecule has 0 unspecified atom stereocenters. The normalized spacial score (nSPS) is 18.7. The van der Waals surface area contributed by atoms with E-state index in [2.05, 4.69) is 20.1 Å². The van der Waals surface area contributed by atoms with E-state index in [0.717, 1.165) is 92.9 Å². The van der Waals surface area contributed by atoms with E-state index in [1.54, 1.807) is 0 Å². The molecule has 0 atom stereocenters. The molecule has 0 aliphatic carbocycles. The Morgan fingerprint density at radius 1 is 1.00 bits per heavy atom. The van der Waals surface area contributed by atoms with Gasteiger partial charge >= 0.3 is 0 Å². The molecular weight excluding hydrogens is 440 g/mol. The van der Waals surface area contributed by atoms with Gasteiger partial charge in [0, 0.05) is 56.2 Å². The van der Waals surface area contributed by atoms with Gasteiger partial charge in [0.05, 0.1) is 6.10 Å². The van der Waals surface area contributed by atoms with Crippen molar-refractivity contribution >= 4 is 16.8 Å². The Morgan fingerprint density at radius 2 is 1.69 bits per heavy atom. The van der Waals surface area contributed by atoms with Crippen molar-refractivity contribution in [3.8, 4) is 11.5 Å². The zero-order chi connectivity index (χ0) is 24.2. The molecule has 5 rings (SSSR count). The van der Waals surface area contributed by atoms with Crippen molar-refractivity contribution in [3.63, 3.8) is 0 Å². The largest absolute Gasteiger partial charge is 0.457 e. The summed E-state index contributed by atoms with van der Waals surface area (Å²) >= 11 is 0. The Kier molecular flexibility index (Phi) is 7.37. The number of hydrogen-bond acceptors (Lipinski definition) is 5. The predicted octanol–water partition coefficient (Wildman–Crippen LogP) is 3.92. The molecule has 1 aromatic heterocycles. The lowest BCUT2D eigenvalue weighted by Gasteiger charge is -2.35. The molecule has 2 fully saturated rings. The second-order valence-corrected chi connectivity index (χ2v) is 9.98. The molecule has 186 valence electrons. The van der Waals surface area contributed by atoms with E-state index in [1.165, 1.54) is 0 Å². The van der Waals surface area contributed by atoms with Crippen LogP contribution in [0.15, 0.2) is 48.5 Å². The van der Waals surface area contributed by atoms with Crippen LogP contribution in [-0.2, 0) is 0 Å². The number of rotatable bonds is 7. The Balaban J connectivity index is 1.14. The number of aromatic nitrogens is 1. The lowest BCUT2D eigenvalue weighted by atomic mass is 10.0. The SMILES string of the molecule is Cc1cccc(Oc2cccc3[nH]c(C(=O)NC4CCN(CCN5CCC(O)CC5)CC4)cc23)c1. The van der Waals surface area contributed by atoms with Gasteiger partial charge < -0.3 is 29.9 Å². The fourth-order valence-electron chi connectivity index (χ4n) is 5.13. The smallest absolute Gasteiger partial charge is 0.267 e. The third-order valence-corrected chi connectivity index (χ3v) is 7.30. The molecule has 7 nitrogen and oxygen atoms in total. The van der Waals surface area contributed by atoms with Gasteiger partial charge in [-0.05, 0) is 68.5 Å². The quantitative estimate of drug-likeness (QED) is 0.482. The number of likely N-dealkylation sites (tertiary alicyclic amines) is 2. The highest BCUT2D eigenvalue weighted by atomic mass is 16.5. The highest BCUT2D eigenvalue weighted by Gasteiger charge is 2.23. The Bertz CT molecular complexity index is 1140. The van der Waals surface area contributed by atoms with E-state index in [0.29, 0.717) is 5.69 Å². The van der Waals surface area contributed by atoms with Gasteiger partial charge in [0.2, 0.25) is 0 Å². The van der Waals surface area contributed by atoms with E-state index < -0.39 is 0 Å². The van der Waals surface area contributed by atoms with E-state index in [9.17, 15) is 9.90 Å². The number of nitrogens with one attached hydrogen (secondary N) is 2. The summed E-state index contributed by atoms with van der Waals surface area (Å²) in [4.78, 5) is 21.2. The number of aryl methyl sites for hydroxylation is 1. The molecule has 2 saturated heterocycles. The fourth-order valence-corrected chi connectivity index (χ4v) is 5.13. The molecule has 1 amide bonds. The van der Waals surface area contributed by atoms with Crippen LogP contribution in [0.5, 0.6) is 11.5 Å². The van der Waals surface area contributed by atoms with Crippen LogP contribution >= 0.6 is 0 Å². The molecule has 0 bridgehead atoms. The number of hydrogen-bond donors (Lipinski definition) is 3. The van der Waals surface area contributed by atoms with Crippen molar-refractivity contribution in [1.29, 1.82) is 0 Å². The summed E-state index contributed by atoms with van der Waals surface area (Å²) in [5.74, 6) is 1.46. The number of piperidine rings is 2. The van der Waals surface area contributed by atoms with Crippen molar-refractivity contribution in [3.05, 3.63) is 59.8 Å². The second-order valence-electron chi connectivity index (χ2n) is 9.98. The third kappa shape index (κ3) is 6.04. The minimum absolute atomic E-state index is 0.0620. The van der Waals surface area contributed by atoms with E-state index in [-0.39, 0.29) is 18.1 Å². The van der Waals surface area contributed by atoms with Gasteiger partial charge in [-0.2, -0.15) is 0 Å². The number of aromatic amines is 1. The van der Waals surface area contributed by atoms with Gasteiger partial charge in [-0.25, -0.2) is 0 Å². The molecule has 0 radical (unpaired) electrons. The number of H-pyrrole nitrogens is 1. The van der Waals surface area contributed by atoms with Crippen LogP contribution in [-0.4, -0.2) is 77.2 Å². The third-order valence-electron chi connectivity index (χ3n) is 7.30. The molecule has 3 aromatic rings. The predicted molar refractivity (Wildman–Crippen MR) is 138 cm³/mol. The Morgan fingerprint density at radius 3 is 2.40 bits per heavy atom. The number of amides is 1. The summed E-state index contributed by atoms with van der Waals surface area (Å²) in [6.07, 6.45) is 3.59. The average Bonchev–Trinajstić information content (AvgIpc) is 3.30. The first-order chi connectivity index (χ1) is 17.0. The molecule has 0 spiro atoms. The fraction of sp³-hybridized carbons (Fsp3) is 0.464. The number of nitrogens with zero attached hydrogens (tertiary/aromatic N) is 2. The van der Waals surface area contributed by atoms with Crippen molar-refractivity contribution < 1.29 is 14.6 Å². The monoisotopic (exact) mass is 476 g/mol. The maximum atomic E-state index is 13.0. The molecule has 2 aliphatic rings. The highest BCUT2D eigenvalue weighted by Crippen LogP contribution is 2.31. The first-order valence-corrected chi connectivity index (χ1v) is 12.8. The summed E-state index contributed by atoms with van der Waals surface area (Å²) < 4.78 is 6.13. The van der Waals surface area contributed by atoms with E-state index in [4.69, 9.17) is 4.74 Å². The topological polar surface area (TPSA) is 80.8 Å². The number of aliphatic hydroxyl groups excluding tert-OH is 1. The van der Waals surface area contributed by atoms with Crippen molar-refractivity contribution in [1.82, 2.24) is 20.1 Å². The number of fused-ring (bicyclic) bond motifs is 1. The number of carbonyl (C=O) groups is 1. The minimum atomic E-state index is -0.116. The van der Waals surface area contributed by atoms with E-state index in [1.807, 2.05) is 55.5 Å². The summed E-state index contributed by atoms with van der Waals surface area (Å²) in [6, 6.07) is 15.9. The Hall–Kier alpha value is -2.87. The molecule has 3 N–H and O–H groups in total. The molecule has 3 heterocycles. The van der Waals surface area contributed by atoms with Crippen LogP contribution < -0.4 is 10.1 Å². The van der Waals surface area contributed by atoms with Gasteiger partial charge in [-0.1, -0.05) is 18.2 Å². The molecule has 0 saturated carbocycles. The van der Waals surface area contributed by atoms with Crippen LogP contribution in [0.3, 0.4) is 0 Å². The summed E-state index contributed by atoms with van der Waals surface area (Å²) in [7, 11) is 0. The first-order valence-electron chi connectivity index (χ1n) is 12.8. The minimum Gasteiger partial charge on any atom is -0.457 e. The zero-order valence-electron chi connectivity index (χ0n) is 20.5. The van der Waals surface area contributed by atoms with Gasteiger partial charge in [0.25, 0.3) is 5.91 Å². The molecule has 35 heavy (non-hydrogen) atoms. The van der Waals surface area contributed by atoms with Crippen LogP contribution in [0.4, 0.5) is 0 Å². The standard InChI is InChI=1S/C28H36N4O3/c1-20-4-2-5-23(18-20)35-27-7-3-6-25-24(27)19-26(30-25)28(34)29-21-8-12-31(13-9-21)16-17-32-14-10-22(33)11-15-32/h2-7,18-19,21-22,30,33H,8-17H2,1H3,(H,29,34). The van der Waals surface area contributed by atoms with Crippen LogP contribution in [0.25, 0.3) is 10.9 Å². The maximum absolute atomic E-state index is 13.0. The van der Waals surface area contributed by atoms with Crippen molar-refractivity contribution in [2.45, 2.75) is 44.8 Å². The highest BCUT2D eigenvalue weighted by molar-refractivity contribution is 5.99. The Labute approximate surface area is 207 Å². The van der Waals surface area contributed by atoms with Gasteiger partial charge in [0.15, 0.2) is 0 Å². The zero-order valence-corrected chi connectivity index (χ0v) is 20.5. The van der Waals surface area contributed by atoms with Crippen molar-refractivity contribution in [2.75, 3.05) is 39.3 Å². The van der Waals surface area contributed by atoms with Gasteiger partial charge in [-0.15, -0.1) is 0 Å². The molecular formula is C28H36N4O3. The number of carbonyl (C=O) groups excluding carboxylic acids is 1. The lowest BCUT2D eigenvalue weighted by molar-refractivity contribution is 0.0729. The first kappa shape index (κ1) is 23.9. The molecule has 2 aliphatic heterocycles. The van der Waals surface area contributed by atoms with Crippen LogP contribution in [0.1, 0.15) is 41.7 Å². The number of aliphatic hydroxyl groups is 1. The molecule has 2 aromatic carbocycles. The van der Waals surface area contributed by atoms with Crippen molar-refractivity contribution in [2.24, 2.45) is 0 Å². The second kappa shape index (κ2) is 10.8. The average molecular weight is 477 g/mol. The van der Waals surface area contributed by atoms with Crippen LogP contribution in [0, 0.1) is 6.92 Å². The van der Waals surface area contributed by atoms with Gasteiger partial charge in [-0.3, -0.25) is 4.79 Å². The summed E-state index contributed by atoms with van der Waals surface area (Å²) in [5.41, 5.74) is 2.59. The maximum Gasteiger partial charge on any atom is 0.267 e. The van der Waals surface area contributed by atoms with E-state index >= 15 is 0 Å². The lowest BCUT2D eigenvalue weighted by Crippen LogP contribution is -2.47. The summed E-state index contributed by atoms with van der Waals surface area (Å²) in [6.45, 7) is 8.16.